The second-order valence-electron chi connectivity index (χ2n) is 7.32. The molecule has 24 heavy (non-hydrogen) atoms. The van der Waals surface area contributed by atoms with E-state index in [1.807, 2.05) is 24.0 Å². The molecule has 2 aliphatic carbocycles. The molecule has 2 saturated carbocycles. The lowest BCUT2D eigenvalue weighted by molar-refractivity contribution is -0.118. The van der Waals surface area contributed by atoms with E-state index < -0.39 is 0 Å². The van der Waals surface area contributed by atoms with Crippen LogP contribution in [0.3, 0.4) is 0 Å². The largest absolute Gasteiger partial charge is 0.396 e. The minimum Gasteiger partial charge on any atom is -0.396 e. The molecular formula is C17H20N6O. The zero-order valence-electron chi connectivity index (χ0n) is 13.6. The molecule has 2 aromatic heterocycles. The lowest BCUT2D eigenvalue weighted by Gasteiger charge is -2.42. The molecule has 0 bridgehead atoms. The molecule has 1 amide bonds. The Morgan fingerprint density at radius 1 is 1.33 bits per heavy atom. The third kappa shape index (κ3) is 1.78. The van der Waals surface area contributed by atoms with Crippen LogP contribution in [0.5, 0.6) is 0 Å². The Morgan fingerprint density at radius 3 is 2.71 bits per heavy atom. The molecule has 2 atom stereocenters. The molecule has 5 rings (SSSR count). The van der Waals surface area contributed by atoms with Crippen LogP contribution in [0.25, 0.3) is 0 Å². The van der Waals surface area contributed by atoms with Crippen molar-refractivity contribution in [3.8, 4) is 0 Å². The first kappa shape index (κ1) is 13.9. The molecule has 7 heteroatoms. The summed E-state index contributed by atoms with van der Waals surface area (Å²) < 4.78 is 1.95. The molecule has 7 nitrogen and oxygen atoms in total. The maximum atomic E-state index is 12.3. The van der Waals surface area contributed by atoms with Crippen LogP contribution in [0, 0.1) is 18.8 Å². The first-order valence-corrected chi connectivity index (χ1v) is 8.55. The highest BCUT2D eigenvalue weighted by Gasteiger charge is 2.53. The monoisotopic (exact) mass is 324 g/mol. The second-order valence-corrected chi connectivity index (χ2v) is 7.32. The fourth-order valence-corrected chi connectivity index (χ4v) is 4.20. The van der Waals surface area contributed by atoms with Gasteiger partial charge >= 0.3 is 0 Å². The molecular weight excluding hydrogens is 304 g/mol. The standard InChI is InChI=1S/C17H20N6O/c1-10-14(17(3-2-4-17)23-9-12(18)6-20-23)7-19-16(21-10)22-8-11-5-13(11)15(22)24/h6-7,9,11,13H,2-5,8,18H2,1H3/t11-,13-/m1/s1. The highest BCUT2D eigenvalue weighted by Crippen LogP contribution is 2.48. The number of carbonyl (C=O) groups excluding carboxylic acids is 1. The molecule has 0 unspecified atom stereocenters. The van der Waals surface area contributed by atoms with Gasteiger partial charge in [0.05, 0.1) is 17.4 Å². The number of hydrogen-bond donors (Lipinski definition) is 1. The summed E-state index contributed by atoms with van der Waals surface area (Å²) in [5, 5.41) is 4.43. The minimum absolute atomic E-state index is 0.186. The number of aromatic nitrogens is 4. The Labute approximate surface area is 139 Å². The van der Waals surface area contributed by atoms with Gasteiger partial charge in [0.2, 0.25) is 11.9 Å². The molecule has 3 aliphatic rings. The molecule has 0 radical (unpaired) electrons. The summed E-state index contributed by atoms with van der Waals surface area (Å²) in [6.07, 6.45) is 9.63. The summed E-state index contributed by atoms with van der Waals surface area (Å²) in [4.78, 5) is 23.2. The minimum atomic E-state index is -0.197. The SMILES string of the molecule is Cc1nc(N2C[C@H]3C[C@H]3C2=O)ncc1C1(n2cc(N)cn2)CCC1. The van der Waals surface area contributed by atoms with Gasteiger partial charge in [0.15, 0.2) is 0 Å². The molecule has 2 aromatic rings. The zero-order chi connectivity index (χ0) is 16.5. The number of anilines is 2. The second kappa shape index (κ2) is 4.55. The molecule has 3 heterocycles. The zero-order valence-corrected chi connectivity index (χ0v) is 13.6. The maximum Gasteiger partial charge on any atom is 0.232 e. The van der Waals surface area contributed by atoms with Crippen LogP contribution in [0.1, 0.15) is 36.9 Å². The van der Waals surface area contributed by atoms with E-state index in [1.165, 1.54) is 0 Å². The molecule has 124 valence electrons. The van der Waals surface area contributed by atoms with E-state index >= 15 is 0 Å². The maximum absolute atomic E-state index is 12.3. The lowest BCUT2D eigenvalue weighted by atomic mass is 9.72. The van der Waals surface area contributed by atoms with Crippen LogP contribution in [0.4, 0.5) is 11.6 Å². The summed E-state index contributed by atoms with van der Waals surface area (Å²) in [6, 6.07) is 0. The number of nitrogen functional groups attached to an aromatic ring is 1. The van der Waals surface area contributed by atoms with E-state index in [9.17, 15) is 4.79 Å². The summed E-state index contributed by atoms with van der Waals surface area (Å²) >= 11 is 0. The number of fused-ring (bicyclic) bond motifs is 1. The Hall–Kier alpha value is -2.44. The van der Waals surface area contributed by atoms with E-state index in [1.54, 1.807) is 11.1 Å². The fourth-order valence-electron chi connectivity index (χ4n) is 4.20. The predicted octanol–water partition coefficient (Wildman–Crippen LogP) is 1.47. The van der Waals surface area contributed by atoms with Gasteiger partial charge in [-0.05, 0) is 38.5 Å². The first-order chi connectivity index (χ1) is 11.6. The van der Waals surface area contributed by atoms with Crippen molar-refractivity contribution in [3.63, 3.8) is 0 Å². The van der Waals surface area contributed by atoms with Crippen LogP contribution in [0.15, 0.2) is 18.6 Å². The molecule has 1 saturated heterocycles. The molecule has 2 N–H and O–H groups in total. The number of nitrogens with two attached hydrogens (primary N) is 1. The Balaban J connectivity index is 1.51. The topological polar surface area (TPSA) is 89.9 Å². The first-order valence-electron chi connectivity index (χ1n) is 8.55. The van der Waals surface area contributed by atoms with Gasteiger partial charge < -0.3 is 5.73 Å². The van der Waals surface area contributed by atoms with Crippen molar-refractivity contribution < 1.29 is 4.79 Å². The molecule has 0 aromatic carbocycles. The third-order valence-corrected chi connectivity index (χ3v) is 5.85. The average Bonchev–Trinajstić information content (AvgIpc) is 3.05. The van der Waals surface area contributed by atoms with E-state index in [0.717, 1.165) is 43.5 Å². The van der Waals surface area contributed by atoms with E-state index in [0.29, 0.717) is 17.6 Å². The van der Waals surface area contributed by atoms with Crippen molar-refractivity contribution in [1.82, 2.24) is 19.7 Å². The normalized spacial score (nSPS) is 27.0. The van der Waals surface area contributed by atoms with Gasteiger partial charge in [0.25, 0.3) is 0 Å². The summed E-state index contributed by atoms with van der Waals surface area (Å²) in [7, 11) is 0. The predicted molar refractivity (Wildman–Crippen MR) is 88.3 cm³/mol. The van der Waals surface area contributed by atoms with Crippen LogP contribution in [-0.4, -0.2) is 32.2 Å². The number of hydrogen-bond acceptors (Lipinski definition) is 5. The van der Waals surface area contributed by atoms with E-state index in [4.69, 9.17) is 5.73 Å². The van der Waals surface area contributed by atoms with Gasteiger partial charge in [0, 0.05) is 36.1 Å². The molecule has 3 fully saturated rings. The lowest BCUT2D eigenvalue weighted by Crippen LogP contribution is -2.43. The van der Waals surface area contributed by atoms with Crippen molar-refractivity contribution in [2.45, 2.75) is 38.1 Å². The van der Waals surface area contributed by atoms with Crippen LogP contribution in [0.2, 0.25) is 0 Å². The number of carbonyl (C=O) groups is 1. The van der Waals surface area contributed by atoms with Crippen molar-refractivity contribution >= 4 is 17.5 Å². The number of piperidine rings is 1. The third-order valence-electron chi connectivity index (χ3n) is 5.85. The fraction of sp³-hybridized carbons (Fsp3) is 0.529. The number of amides is 1. The quantitative estimate of drug-likeness (QED) is 0.923. The number of nitrogens with zero attached hydrogens (tertiary/aromatic N) is 5. The average molecular weight is 324 g/mol. The molecule has 0 spiro atoms. The highest BCUT2D eigenvalue weighted by atomic mass is 16.2. The Bertz CT molecular complexity index is 839. The van der Waals surface area contributed by atoms with Gasteiger partial charge in [-0.3, -0.25) is 14.4 Å². The smallest absolute Gasteiger partial charge is 0.232 e. The highest BCUT2D eigenvalue weighted by molar-refractivity contribution is 5.98. The Morgan fingerprint density at radius 2 is 2.17 bits per heavy atom. The summed E-state index contributed by atoms with van der Waals surface area (Å²) in [5.74, 6) is 1.47. The Kier molecular flexibility index (Phi) is 2.65. The van der Waals surface area contributed by atoms with Crippen molar-refractivity contribution in [2.24, 2.45) is 11.8 Å². The van der Waals surface area contributed by atoms with Gasteiger partial charge in [0.1, 0.15) is 0 Å². The van der Waals surface area contributed by atoms with Gasteiger partial charge in [-0.1, -0.05) is 0 Å². The van der Waals surface area contributed by atoms with Crippen molar-refractivity contribution in [1.29, 1.82) is 0 Å². The van der Waals surface area contributed by atoms with Crippen LogP contribution < -0.4 is 10.6 Å². The van der Waals surface area contributed by atoms with Crippen LogP contribution in [-0.2, 0) is 10.3 Å². The van der Waals surface area contributed by atoms with E-state index in [2.05, 4.69) is 15.1 Å². The van der Waals surface area contributed by atoms with Gasteiger partial charge in [-0.15, -0.1) is 0 Å². The van der Waals surface area contributed by atoms with Crippen LogP contribution >= 0.6 is 0 Å². The number of aryl methyl sites for hydroxylation is 1. The summed E-state index contributed by atoms with van der Waals surface area (Å²) in [5.41, 5.74) is 8.32. The van der Waals surface area contributed by atoms with Gasteiger partial charge in [-0.25, -0.2) is 9.97 Å². The van der Waals surface area contributed by atoms with E-state index in [-0.39, 0.29) is 17.4 Å². The van der Waals surface area contributed by atoms with Crippen molar-refractivity contribution in [3.05, 3.63) is 29.8 Å². The number of rotatable bonds is 3. The molecule has 1 aliphatic heterocycles. The van der Waals surface area contributed by atoms with Gasteiger partial charge in [-0.2, -0.15) is 5.10 Å². The summed E-state index contributed by atoms with van der Waals surface area (Å²) in [6.45, 7) is 2.76. The van der Waals surface area contributed by atoms with Crippen molar-refractivity contribution in [2.75, 3.05) is 17.2 Å².